The molecule has 2 aromatic rings. The molecule has 0 bridgehead atoms. The number of benzene rings is 1. The maximum atomic E-state index is 6.00. The Hall–Kier alpha value is -0.690. The van der Waals surface area contributed by atoms with Crippen LogP contribution >= 0.6 is 38.5 Å². The van der Waals surface area contributed by atoms with E-state index in [0.29, 0.717) is 17.6 Å². The number of hydrogen-bond acceptors (Lipinski definition) is 3. The number of hydrogen-bond donors (Lipinski definition) is 1. The van der Waals surface area contributed by atoms with E-state index in [1.165, 1.54) is 12.8 Å². The highest BCUT2D eigenvalue weighted by molar-refractivity contribution is 14.1. The summed E-state index contributed by atoms with van der Waals surface area (Å²) < 4.78 is 2.00. The standard InChI is InChI=1S/C13H11BrIN3/c14-9-4-2-1-3-8(9)13-17-11(7-5-6-7)10(15)12(16)18-13/h1-4,7H,5-6H2,(H2,16,17,18). The summed E-state index contributed by atoms with van der Waals surface area (Å²) in [6.07, 6.45) is 2.42. The second-order valence-corrected chi connectivity index (χ2v) is 6.32. The van der Waals surface area contributed by atoms with Crippen molar-refractivity contribution in [3.8, 4) is 11.4 Å². The number of halogens is 2. The molecule has 2 N–H and O–H groups in total. The van der Waals surface area contributed by atoms with Crippen molar-refractivity contribution in [3.05, 3.63) is 38.0 Å². The predicted octanol–water partition coefficient (Wildman–Crippen LogP) is 3.97. The van der Waals surface area contributed by atoms with Gasteiger partial charge in [-0.2, -0.15) is 0 Å². The van der Waals surface area contributed by atoms with Crippen LogP contribution in [0.2, 0.25) is 0 Å². The molecule has 0 unspecified atom stereocenters. The largest absolute Gasteiger partial charge is 0.383 e. The summed E-state index contributed by atoms with van der Waals surface area (Å²) in [5.74, 6) is 1.86. The molecule has 0 aliphatic heterocycles. The van der Waals surface area contributed by atoms with Crippen LogP contribution in [0.5, 0.6) is 0 Å². The first-order valence-electron chi connectivity index (χ1n) is 5.74. The van der Waals surface area contributed by atoms with E-state index in [-0.39, 0.29) is 0 Å². The summed E-state index contributed by atoms with van der Waals surface area (Å²) in [7, 11) is 0. The monoisotopic (exact) mass is 415 g/mol. The van der Waals surface area contributed by atoms with Crippen LogP contribution in [-0.4, -0.2) is 9.97 Å². The Labute approximate surface area is 127 Å². The zero-order valence-corrected chi connectivity index (χ0v) is 13.3. The van der Waals surface area contributed by atoms with Crippen LogP contribution in [0.1, 0.15) is 24.5 Å². The molecule has 92 valence electrons. The second-order valence-electron chi connectivity index (χ2n) is 4.39. The van der Waals surface area contributed by atoms with Crippen molar-refractivity contribution in [2.45, 2.75) is 18.8 Å². The molecule has 3 nitrogen and oxygen atoms in total. The third kappa shape index (κ3) is 2.25. The minimum absolute atomic E-state index is 0.573. The zero-order valence-electron chi connectivity index (χ0n) is 9.53. The van der Waals surface area contributed by atoms with E-state index in [4.69, 9.17) is 10.7 Å². The Balaban J connectivity index is 2.16. The molecule has 0 radical (unpaired) electrons. The van der Waals surface area contributed by atoms with Gasteiger partial charge in [0.2, 0.25) is 0 Å². The topological polar surface area (TPSA) is 51.8 Å². The summed E-state index contributed by atoms with van der Waals surface area (Å²) in [6, 6.07) is 7.95. The van der Waals surface area contributed by atoms with Gasteiger partial charge in [0.25, 0.3) is 0 Å². The summed E-state index contributed by atoms with van der Waals surface area (Å²) in [5.41, 5.74) is 8.09. The summed E-state index contributed by atoms with van der Waals surface area (Å²) in [5, 5.41) is 0. The molecule has 1 aromatic heterocycles. The van der Waals surface area contributed by atoms with Crippen LogP contribution in [0.15, 0.2) is 28.7 Å². The normalized spacial score (nSPS) is 14.8. The van der Waals surface area contributed by atoms with Gasteiger partial charge >= 0.3 is 0 Å². The van der Waals surface area contributed by atoms with Crippen molar-refractivity contribution in [2.75, 3.05) is 5.73 Å². The number of nitrogen functional groups attached to an aromatic ring is 1. The predicted molar refractivity (Wildman–Crippen MR) is 84.3 cm³/mol. The molecule has 0 saturated heterocycles. The molecule has 1 aromatic carbocycles. The van der Waals surface area contributed by atoms with E-state index in [1.54, 1.807) is 0 Å². The fourth-order valence-corrected chi connectivity index (χ4v) is 3.02. The van der Waals surface area contributed by atoms with Gasteiger partial charge in [-0.05, 0) is 41.5 Å². The van der Waals surface area contributed by atoms with Gasteiger partial charge in [0, 0.05) is 16.0 Å². The SMILES string of the molecule is Nc1nc(-c2ccccc2Br)nc(C2CC2)c1I. The molecular formula is C13H11BrIN3. The maximum absolute atomic E-state index is 6.00. The highest BCUT2D eigenvalue weighted by Gasteiger charge is 2.29. The van der Waals surface area contributed by atoms with E-state index >= 15 is 0 Å². The molecule has 1 aliphatic carbocycles. The van der Waals surface area contributed by atoms with Crippen molar-refractivity contribution < 1.29 is 0 Å². The number of rotatable bonds is 2. The van der Waals surface area contributed by atoms with Gasteiger partial charge in [0.15, 0.2) is 5.82 Å². The molecule has 0 spiro atoms. The summed E-state index contributed by atoms with van der Waals surface area (Å²) in [4.78, 5) is 9.10. The van der Waals surface area contributed by atoms with Crippen molar-refractivity contribution in [1.82, 2.24) is 9.97 Å². The highest BCUT2D eigenvalue weighted by atomic mass is 127. The van der Waals surface area contributed by atoms with Crippen LogP contribution < -0.4 is 5.73 Å². The molecule has 1 aliphatic rings. The van der Waals surface area contributed by atoms with Crippen LogP contribution in [-0.2, 0) is 0 Å². The lowest BCUT2D eigenvalue weighted by atomic mass is 10.2. The smallest absolute Gasteiger partial charge is 0.162 e. The Morgan fingerprint density at radius 2 is 1.94 bits per heavy atom. The lowest BCUT2D eigenvalue weighted by Crippen LogP contribution is -2.04. The maximum Gasteiger partial charge on any atom is 0.162 e. The van der Waals surface area contributed by atoms with Gasteiger partial charge in [-0.15, -0.1) is 0 Å². The van der Waals surface area contributed by atoms with Gasteiger partial charge in [-0.3, -0.25) is 0 Å². The minimum atomic E-state index is 0.573. The minimum Gasteiger partial charge on any atom is -0.383 e. The average Bonchev–Trinajstić information content (AvgIpc) is 3.17. The first-order valence-corrected chi connectivity index (χ1v) is 7.62. The molecule has 1 fully saturated rings. The van der Waals surface area contributed by atoms with Gasteiger partial charge in [0.05, 0.1) is 9.26 Å². The van der Waals surface area contributed by atoms with E-state index < -0.39 is 0 Å². The fraction of sp³-hybridized carbons (Fsp3) is 0.231. The van der Waals surface area contributed by atoms with Crippen molar-refractivity contribution in [2.24, 2.45) is 0 Å². The Bertz CT molecular complexity index is 611. The second kappa shape index (κ2) is 4.77. The van der Waals surface area contributed by atoms with E-state index in [0.717, 1.165) is 19.3 Å². The van der Waals surface area contributed by atoms with Crippen LogP contribution in [0, 0.1) is 3.57 Å². The van der Waals surface area contributed by atoms with E-state index in [1.807, 2.05) is 24.3 Å². The Kier molecular flexibility index (Phi) is 3.27. The first-order chi connectivity index (χ1) is 8.66. The number of aromatic nitrogens is 2. The van der Waals surface area contributed by atoms with Gasteiger partial charge < -0.3 is 5.73 Å². The third-order valence-corrected chi connectivity index (χ3v) is 4.78. The number of nitrogens with two attached hydrogens (primary N) is 1. The third-order valence-electron chi connectivity index (χ3n) is 2.98. The molecule has 0 atom stereocenters. The molecular weight excluding hydrogens is 405 g/mol. The van der Waals surface area contributed by atoms with E-state index in [9.17, 15) is 0 Å². The van der Waals surface area contributed by atoms with Crippen LogP contribution in [0.25, 0.3) is 11.4 Å². The molecule has 18 heavy (non-hydrogen) atoms. The summed E-state index contributed by atoms with van der Waals surface area (Å²) >= 11 is 5.77. The van der Waals surface area contributed by atoms with E-state index in [2.05, 4.69) is 43.5 Å². The molecule has 1 heterocycles. The van der Waals surface area contributed by atoms with Crippen molar-refractivity contribution in [3.63, 3.8) is 0 Å². The molecule has 5 heteroatoms. The fourth-order valence-electron chi connectivity index (χ4n) is 1.87. The Morgan fingerprint density at radius 3 is 2.61 bits per heavy atom. The van der Waals surface area contributed by atoms with Crippen LogP contribution in [0.3, 0.4) is 0 Å². The Morgan fingerprint density at radius 1 is 1.22 bits per heavy atom. The van der Waals surface area contributed by atoms with Gasteiger partial charge in [0.1, 0.15) is 5.82 Å². The lowest BCUT2D eigenvalue weighted by Gasteiger charge is -2.09. The quantitative estimate of drug-likeness (QED) is 0.755. The highest BCUT2D eigenvalue weighted by Crippen LogP contribution is 2.42. The number of anilines is 1. The van der Waals surface area contributed by atoms with Crippen LogP contribution in [0.4, 0.5) is 5.82 Å². The lowest BCUT2D eigenvalue weighted by molar-refractivity contribution is 0.982. The van der Waals surface area contributed by atoms with Gasteiger partial charge in [-0.1, -0.05) is 34.1 Å². The average molecular weight is 416 g/mol. The van der Waals surface area contributed by atoms with Crippen molar-refractivity contribution >= 4 is 44.3 Å². The van der Waals surface area contributed by atoms with Crippen molar-refractivity contribution in [1.29, 1.82) is 0 Å². The van der Waals surface area contributed by atoms with Gasteiger partial charge in [-0.25, -0.2) is 9.97 Å². The summed E-state index contributed by atoms with van der Waals surface area (Å²) in [6.45, 7) is 0. The number of nitrogens with zero attached hydrogens (tertiary/aromatic N) is 2. The molecule has 1 saturated carbocycles. The zero-order chi connectivity index (χ0) is 12.7. The molecule has 3 rings (SSSR count). The molecule has 0 amide bonds. The first kappa shape index (κ1) is 12.3.